The summed E-state index contributed by atoms with van der Waals surface area (Å²) in [5.74, 6) is -0.517. The van der Waals surface area contributed by atoms with Crippen LogP contribution in [-0.2, 0) is 36.5 Å². The van der Waals surface area contributed by atoms with Crippen LogP contribution in [0.3, 0.4) is 0 Å². The Labute approximate surface area is 429 Å². The summed E-state index contributed by atoms with van der Waals surface area (Å²) >= 11 is 0. The van der Waals surface area contributed by atoms with E-state index in [0.29, 0.717) is 0 Å². The highest BCUT2D eigenvalue weighted by Gasteiger charge is 2.38. The molecule has 0 bridgehead atoms. The van der Waals surface area contributed by atoms with Gasteiger partial charge in [0, 0.05) is 34.1 Å². The minimum Gasteiger partial charge on any atom is -0.508 e. The van der Waals surface area contributed by atoms with Crippen molar-refractivity contribution in [1.82, 2.24) is 0 Å². The average Bonchev–Trinajstić information content (AvgIpc) is 3.31. The lowest BCUT2D eigenvalue weighted by Gasteiger charge is -2.35. The Kier molecular flexibility index (Phi) is 25.3. The molecule has 0 amide bonds. The molecule has 0 atom stereocenters. The molecular formula is C66H102O4. The van der Waals surface area contributed by atoms with E-state index in [9.17, 15) is 20.4 Å². The van der Waals surface area contributed by atoms with E-state index in [2.05, 4.69) is 118 Å². The normalized spacial score (nSPS) is 12.2. The van der Waals surface area contributed by atoms with Crippen molar-refractivity contribution in [3.05, 3.63) is 116 Å². The van der Waals surface area contributed by atoms with Crippen LogP contribution in [0.5, 0.6) is 23.0 Å². The van der Waals surface area contributed by atoms with Gasteiger partial charge in [-0.15, -0.1) is 0 Å². The van der Waals surface area contributed by atoms with Crippen LogP contribution >= 0.6 is 0 Å². The zero-order chi connectivity index (χ0) is 51.1. The molecule has 0 saturated carbocycles. The van der Waals surface area contributed by atoms with E-state index in [1.54, 1.807) is 0 Å². The van der Waals surface area contributed by atoms with Crippen molar-refractivity contribution >= 4 is 0 Å². The Morgan fingerprint density at radius 3 is 0.871 bits per heavy atom. The molecule has 4 nitrogen and oxygen atoms in total. The van der Waals surface area contributed by atoms with Crippen molar-refractivity contribution in [3.63, 3.8) is 0 Å². The van der Waals surface area contributed by atoms with Gasteiger partial charge in [0.1, 0.15) is 23.0 Å². The molecule has 0 fully saturated rings. The Morgan fingerprint density at radius 1 is 0.314 bits per heavy atom. The maximum atomic E-state index is 13.1. The van der Waals surface area contributed by atoms with Gasteiger partial charge >= 0.3 is 0 Å². The second-order valence-electron chi connectivity index (χ2n) is 23.5. The minimum absolute atomic E-state index is 0.167. The largest absolute Gasteiger partial charge is 0.508 e. The molecule has 70 heavy (non-hydrogen) atoms. The van der Waals surface area contributed by atoms with Gasteiger partial charge in [-0.25, -0.2) is 0 Å². The summed E-state index contributed by atoms with van der Waals surface area (Å²) in [4.78, 5) is 0. The van der Waals surface area contributed by atoms with Gasteiger partial charge in [0.15, 0.2) is 0 Å². The lowest BCUT2D eigenvalue weighted by atomic mass is 9.69. The maximum Gasteiger partial charge on any atom is 0.123 e. The number of aryl methyl sites for hydroxylation is 4. The van der Waals surface area contributed by atoms with Gasteiger partial charge in [0.05, 0.1) is 0 Å². The molecule has 0 spiro atoms. The van der Waals surface area contributed by atoms with E-state index in [1.807, 2.05) is 12.1 Å². The number of rotatable bonds is 33. The third-order valence-corrected chi connectivity index (χ3v) is 15.1. The first kappa shape index (κ1) is 58.6. The van der Waals surface area contributed by atoms with Crippen LogP contribution in [0, 0.1) is 0 Å². The van der Waals surface area contributed by atoms with E-state index in [1.165, 1.54) is 114 Å². The lowest BCUT2D eigenvalue weighted by Crippen LogP contribution is -2.21. The fourth-order valence-electron chi connectivity index (χ4n) is 10.9. The second-order valence-corrected chi connectivity index (χ2v) is 23.5. The Bertz CT molecular complexity index is 1970. The zero-order valence-corrected chi connectivity index (χ0v) is 46.5. The van der Waals surface area contributed by atoms with Crippen LogP contribution in [0.4, 0.5) is 0 Å². The monoisotopic (exact) mass is 959 g/mol. The quantitative estimate of drug-likeness (QED) is 0.0359. The Hall–Kier alpha value is -3.92. The Balaban J connectivity index is 2.10. The summed E-state index contributed by atoms with van der Waals surface area (Å²) < 4.78 is 0. The van der Waals surface area contributed by atoms with Crippen LogP contribution < -0.4 is 0 Å². The smallest absolute Gasteiger partial charge is 0.123 e. The summed E-state index contributed by atoms with van der Waals surface area (Å²) in [6.45, 7) is 22.1. The predicted molar refractivity (Wildman–Crippen MR) is 302 cm³/mol. The van der Waals surface area contributed by atoms with Gasteiger partial charge in [-0.05, 0) is 108 Å². The highest BCUT2D eigenvalue weighted by Crippen LogP contribution is 2.55. The summed E-state index contributed by atoms with van der Waals surface area (Å²) in [6, 6.07) is 21.1. The number of phenols is 4. The van der Waals surface area contributed by atoms with E-state index in [4.69, 9.17) is 0 Å². The molecule has 0 heterocycles. The highest BCUT2D eigenvalue weighted by atomic mass is 16.3. The highest BCUT2D eigenvalue weighted by molar-refractivity contribution is 5.62. The van der Waals surface area contributed by atoms with E-state index >= 15 is 0 Å². The number of phenolic OH excluding ortho intramolecular Hbond substituents is 4. The Morgan fingerprint density at radius 2 is 0.571 bits per heavy atom. The number of aromatic hydroxyl groups is 4. The maximum absolute atomic E-state index is 13.1. The van der Waals surface area contributed by atoms with Crippen LogP contribution in [0.1, 0.15) is 291 Å². The molecule has 0 aliphatic rings. The molecule has 4 aromatic carbocycles. The lowest BCUT2D eigenvalue weighted by molar-refractivity contribution is 0.415. The zero-order valence-electron chi connectivity index (χ0n) is 46.5. The first-order valence-electron chi connectivity index (χ1n) is 28.9. The second kappa shape index (κ2) is 30.2. The van der Waals surface area contributed by atoms with Crippen molar-refractivity contribution in [2.75, 3.05) is 0 Å². The van der Waals surface area contributed by atoms with Crippen molar-refractivity contribution in [1.29, 1.82) is 0 Å². The first-order valence-corrected chi connectivity index (χ1v) is 28.9. The molecule has 4 heteroatoms. The van der Waals surface area contributed by atoms with Crippen molar-refractivity contribution in [2.24, 2.45) is 0 Å². The molecular weight excluding hydrogens is 857 g/mol. The molecule has 0 aliphatic heterocycles. The van der Waals surface area contributed by atoms with Crippen LogP contribution in [0.2, 0.25) is 0 Å². The molecule has 4 aromatic rings. The standard InChI is InChI=1S/C66H102O4/c1-11-15-19-23-27-31-35-49-39-41-59(67)53(43-49)61(54-44-50(40-42-60(54)68)36-32-28-24-20-16-12-2)62(55-45-51(37-33-29-25-21-17-13-3)47-57(63(55)69)65(5,6)7)56-46-52(38-34-30-26-22-18-14-4)48-58(64(56)70)66(8,9)10/h39-48,61-62,67-70H,11-38H2,1-10H3. The van der Waals surface area contributed by atoms with Gasteiger partial charge in [0.2, 0.25) is 0 Å². The van der Waals surface area contributed by atoms with Crippen LogP contribution in [0.25, 0.3) is 0 Å². The van der Waals surface area contributed by atoms with E-state index in [0.717, 1.165) is 122 Å². The summed E-state index contributed by atoms with van der Waals surface area (Å²) in [7, 11) is 0. The molecule has 4 N–H and O–H groups in total. The molecule has 0 aliphatic carbocycles. The number of unbranched alkanes of at least 4 members (excludes halogenated alkanes) is 20. The summed E-state index contributed by atoms with van der Waals surface area (Å²) in [5, 5.41) is 51.0. The van der Waals surface area contributed by atoms with Crippen molar-refractivity contribution in [2.45, 2.75) is 272 Å². The minimum atomic E-state index is -0.665. The van der Waals surface area contributed by atoms with Crippen molar-refractivity contribution < 1.29 is 20.4 Å². The summed E-state index contributed by atoms with van der Waals surface area (Å²) in [6.07, 6.45) is 32.2. The molecule has 0 aromatic heterocycles. The third kappa shape index (κ3) is 18.3. The van der Waals surface area contributed by atoms with Crippen LogP contribution in [0.15, 0.2) is 60.7 Å². The first-order chi connectivity index (χ1) is 33.5. The van der Waals surface area contributed by atoms with E-state index < -0.39 is 11.8 Å². The SMILES string of the molecule is CCCCCCCCc1ccc(O)c(C(c2cc(CCCCCCCC)ccc2O)C(c2cc(CCCCCCCC)cc(C(C)(C)C)c2O)c2cc(CCCCCCCC)cc(C(C)(C)C)c2O)c1. The molecule has 0 saturated heterocycles. The predicted octanol–water partition coefficient (Wildman–Crippen LogP) is 19.7. The van der Waals surface area contributed by atoms with Crippen LogP contribution in [-0.4, -0.2) is 20.4 Å². The topological polar surface area (TPSA) is 80.9 Å². The van der Waals surface area contributed by atoms with Crippen molar-refractivity contribution in [3.8, 4) is 23.0 Å². The number of hydrogen-bond acceptors (Lipinski definition) is 4. The fourth-order valence-corrected chi connectivity index (χ4v) is 10.9. The van der Waals surface area contributed by atoms with Gasteiger partial charge in [-0.2, -0.15) is 0 Å². The summed E-state index contributed by atoms with van der Waals surface area (Å²) in [5.41, 5.74) is 8.60. The molecule has 4 rings (SSSR count). The van der Waals surface area contributed by atoms with Gasteiger partial charge in [0.25, 0.3) is 0 Å². The molecule has 390 valence electrons. The number of benzene rings is 4. The van der Waals surface area contributed by atoms with Gasteiger partial charge < -0.3 is 20.4 Å². The van der Waals surface area contributed by atoms with Gasteiger partial charge in [-0.1, -0.05) is 246 Å². The third-order valence-electron chi connectivity index (χ3n) is 15.1. The number of hydrogen-bond donors (Lipinski definition) is 4. The molecule has 0 radical (unpaired) electrons. The fraction of sp³-hybridized carbons (Fsp3) is 0.636. The average molecular weight is 960 g/mol. The van der Waals surface area contributed by atoms with Gasteiger partial charge in [-0.3, -0.25) is 0 Å². The molecule has 0 unspecified atom stereocenters. The van der Waals surface area contributed by atoms with E-state index in [-0.39, 0.29) is 33.8 Å².